The Kier molecular flexibility index (Phi) is 4.87. The number of benzene rings is 1. The topological polar surface area (TPSA) is 12.0 Å². The van der Waals surface area contributed by atoms with E-state index in [1.165, 1.54) is 22.1 Å². The molecule has 2 rings (SSSR count). The van der Waals surface area contributed by atoms with Gasteiger partial charge >= 0.3 is 0 Å². The van der Waals surface area contributed by atoms with Crippen LogP contribution in [-0.4, -0.2) is 12.1 Å². The number of hydrogen-bond donors (Lipinski definition) is 1. The van der Waals surface area contributed by atoms with E-state index in [2.05, 4.69) is 69.6 Å². The van der Waals surface area contributed by atoms with Crippen LogP contribution in [0.2, 0.25) is 0 Å². The molecule has 1 heterocycles. The molecule has 2 aromatic rings. The molecule has 1 nitrogen and oxygen atoms in total. The highest BCUT2D eigenvalue weighted by Gasteiger charge is 2.17. The zero-order valence-electron chi connectivity index (χ0n) is 13.4. The molecular formula is C18H27NS. The summed E-state index contributed by atoms with van der Waals surface area (Å²) in [6.45, 7) is 12.5. The summed E-state index contributed by atoms with van der Waals surface area (Å²) in [5.41, 5.74) is 1.73. The number of fused-ring (bicyclic) bond motifs is 1. The van der Waals surface area contributed by atoms with Crippen LogP contribution in [-0.2, 0) is 6.42 Å². The molecule has 2 unspecified atom stereocenters. The third-order valence-corrected chi connectivity index (χ3v) is 5.04. The highest BCUT2D eigenvalue weighted by Crippen LogP contribution is 2.29. The van der Waals surface area contributed by atoms with Gasteiger partial charge in [0.1, 0.15) is 0 Å². The molecule has 1 aromatic heterocycles. The van der Waals surface area contributed by atoms with Crippen molar-refractivity contribution in [3.05, 3.63) is 35.2 Å². The third-order valence-electron chi connectivity index (χ3n) is 4.03. The van der Waals surface area contributed by atoms with Crippen molar-refractivity contribution in [1.82, 2.24) is 5.32 Å². The fourth-order valence-corrected chi connectivity index (χ4v) is 3.38. The van der Waals surface area contributed by atoms with Gasteiger partial charge in [-0.15, -0.1) is 11.3 Å². The Hall–Kier alpha value is -0.860. The van der Waals surface area contributed by atoms with E-state index in [0.29, 0.717) is 11.8 Å². The molecule has 0 spiro atoms. The highest BCUT2D eigenvalue weighted by molar-refractivity contribution is 7.17. The van der Waals surface area contributed by atoms with Gasteiger partial charge in [-0.05, 0) is 68.0 Å². The standard InChI is InChI=1S/C18H27NS/c1-13(14(2)11-19-18(3,4)5)10-15-12-20-17-9-7-6-8-16(15)17/h6-9,12-14,19H,10-11H2,1-5H3. The fraction of sp³-hybridized carbons (Fsp3) is 0.556. The van der Waals surface area contributed by atoms with Crippen LogP contribution in [0.4, 0.5) is 0 Å². The maximum Gasteiger partial charge on any atom is 0.0345 e. The van der Waals surface area contributed by atoms with E-state index in [0.717, 1.165) is 6.54 Å². The molecule has 1 aromatic carbocycles. The Morgan fingerprint density at radius 3 is 2.50 bits per heavy atom. The third kappa shape index (κ3) is 4.07. The van der Waals surface area contributed by atoms with Crippen molar-refractivity contribution < 1.29 is 0 Å². The largest absolute Gasteiger partial charge is 0.312 e. The average Bonchev–Trinajstić information content (AvgIpc) is 2.78. The van der Waals surface area contributed by atoms with Crippen molar-refractivity contribution in [3.63, 3.8) is 0 Å². The molecule has 0 amide bonds. The second kappa shape index (κ2) is 6.28. The van der Waals surface area contributed by atoms with Gasteiger partial charge in [-0.3, -0.25) is 0 Å². The van der Waals surface area contributed by atoms with Gasteiger partial charge in [-0.1, -0.05) is 32.0 Å². The van der Waals surface area contributed by atoms with Crippen LogP contribution in [0.5, 0.6) is 0 Å². The van der Waals surface area contributed by atoms with E-state index < -0.39 is 0 Å². The molecule has 0 bridgehead atoms. The first-order valence-electron chi connectivity index (χ1n) is 7.57. The Morgan fingerprint density at radius 1 is 1.10 bits per heavy atom. The van der Waals surface area contributed by atoms with Crippen LogP contribution in [0, 0.1) is 11.8 Å². The van der Waals surface area contributed by atoms with E-state index in [4.69, 9.17) is 0 Å². The van der Waals surface area contributed by atoms with Gasteiger partial charge in [0, 0.05) is 10.2 Å². The van der Waals surface area contributed by atoms with Gasteiger partial charge in [-0.25, -0.2) is 0 Å². The van der Waals surface area contributed by atoms with Gasteiger partial charge < -0.3 is 5.32 Å². The van der Waals surface area contributed by atoms with Crippen LogP contribution in [0.3, 0.4) is 0 Å². The molecule has 0 saturated carbocycles. The molecular weight excluding hydrogens is 262 g/mol. The lowest BCUT2D eigenvalue weighted by molar-refractivity contribution is 0.318. The summed E-state index contributed by atoms with van der Waals surface area (Å²) < 4.78 is 1.41. The number of rotatable bonds is 5. The van der Waals surface area contributed by atoms with Crippen LogP contribution >= 0.6 is 11.3 Å². The SMILES string of the molecule is CC(CNC(C)(C)C)C(C)Cc1csc2ccccc12. The maximum atomic E-state index is 3.62. The van der Waals surface area contributed by atoms with Crippen LogP contribution in [0.15, 0.2) is 29.6 Å². The summed E-state index contributed by atoms with van der Waals surface area (Å²) in [6, 6.07) is 8.75. The fourth-order valence-electron chi connectivity index (χ4n) is 2.41. The van der Waals surface area contributed by atoms with Gasteiger partial charge in [0.15, 0.2) is 0 Å². The van der Waals surface area contributed by atoms with Gasteiger partial charge in [0.2, 0.25) is 0 Å². The second-order valence-electron chi connectivity index (χ2n) is 7.05. The van der Waals surface area contributed by atoms with Crippen LogP contribution in [0.25, 0.3) is 10.1 Å². The van der Waals surface area contributed by atoms with Crippen molar-refractivity contribution >= 4 is 21.4 Å². The molecule has 2 atom stereocenters. The number of hydrogen-bond acceptors (Lipinski definition) is 2. The Bertz CT molecular complexity index is 550. The van der Waals surface area contributed by atoms with Crippen molar-refractivity contribution in [1.29, 1.82) is 0 Å². The molecule has 0 aliphatic rings. The normalized spacial score (nSPS) is 15.4. The van der Waals surface area contributed by atoms with Gasteiger partial charge in [-0.2, -0.15) is 0 Å². The van der Waals surface area contributed by atoms with E-state index in [9.17, 15) is 0 Å². The number of thiophene rings is 1. The predicted molar refractivity (Wildman–Crippen MR) is 91.6 cm³/mol. The minimum Gasteiger partial charge on any atom is -0.312 e. The molecule has 0 fully saturated rings. The summed E-state index contributed by atoms with van der Waals surface area (Å²) in [6.07, 6.45) is 1.18. The van der Waals surface area contributed by atoms with Crippen molar-refractivity contribution in [2.45, 2.75) is 46.6 Å². The zero-order chi connectivity index (χ0) is 14.8. The molecule has 0 saturated heterocycles. The Balaban J connectivity index is 1.98. The minimum absolute atomic E-state index is 0.211. The molecule has 110 valence electrons. The molecule has 0 aliphatic carbocycles. The minimum atomic E-state index is 0.211. The summed E-state index contributed by atoms with van der Waals surface area (Å²) >= 11 is 1.87. The van der Waals surface area contributed by atoms with E-state index in [1.54, 1.807) is 0 Å². The first-order chi connectivity index (χ1) is 9.37. The second-order valence-corrected chi connectivity index (χ2v) is 7.96. The summed E-state index contributed by atoms with van der Waals surface area (Å²) in [5, 5.41) is 7.41. The van der Waals surface area contributed by atoms with Gasteiger partial charge in [0.05, 0.1) is 0 Å². The van der Waals surface area contributed by atoms with E-state index in [-0.39, 0.29) is 5.54 Å². The number of nitrogens with one attached hydrogen (secondary N) is 1. The predicted octanol–water partition coefficient (Wildman–Crippen LogP) is 5.10. The molecule has 2 heteroatoms. The summed E-state index contributed by atoms with van der Waals surface area (Å²) in [7, 11) is 0. The van der Waals surface area contributed by atoms with Crippen molar-refractivity contribution in [2.75, 3.05) is 6.54 Å². The molecule has 0 radical (unpaired) electrons. The smallest absolute Gasteiger partial charge is 0.0345 e. The van der Waals surface area contributed by atoms with Crippen molar-refractivity contribution in [2.24, 2.45) is 11.8 Å². The Labute approximate surface area is 127 Å². The quantitative estimate of drug-likeness (QED) is 0.807. The van der Waals surface area contributed by atoms with Crippen molar-refractivity contribution in [3.8, 4) is 0 Å². The maximum absolute atomic E-state index is 3.62. The lowest BCUT2D eigenvalue weighted by atomic mass is 9.89. The average molecular weight is 289 g/mol. The summed E-state index contributed by atoms with van der Waals surface area (Å²) in [4.78, 5) is 0. The van der Waals surface area contributed by atoms with E-state index in [1.807, 2.05) is 11.3 Å². The summed E-state index contributed by atoms with van der Waals surface area (Å²) in [5.74, 6) is 1.38. The lowest BCUT2D eigenvalue weighted by Crippen LogP contribution is -2.40. The van der Waals surface area contributed by atoms with Gasteiger partial charge in [0.25, 0.3) is 0 Å². The first-order valence-corrected chi connectivity index (χ1v) is 8.45. The Morgan fingerprint density at radius 2 is 1.80 bits per heavy atom. The van der Waals surface area contributed by atoms with Crippen LogP contribution < -0.4 is 5.32 Å². The zero-order valence-corrected chi connectivity index (χ0v) is 14.2. The molecule has 0 aliphatic heterocycles. The highest BCUT2D eigenvalue weighted by atomic mass is 32.1. The monoisotopic (exact) mass is 289 g/mol. The van der Waals surface area contributed by atoms with E-state index >= 15 is 0 Å². The molecule has 20 heavy (non-hydrogen) atoms. The van der Waals surface area contributed by atoms with Crippen LogP contribution in [0.1, 0.15) is 40.2 Å². The first kappa shape index (κ1) is 15.5. The lowest BCUT2D eigenvalue weighted by Gasteiger charge is -2.26. The molecule has 1 N–H and O–H groups in total.